The number of methoxy groups -OCH3 is 1. The van der Waals surface area contributed by atoms with E-state index in [1.165, 1.54) is 4.57 Å². The second kappa shape index (κ2) is 10.8. The highest BCUT2D eigenvalue weighted by molar-refractivity contribution is 7.71. The molecule has 2 aromatic carbocycles. The van der Waals surface area contributed by atoms with Gasteiger partial charge in [0, 0.05) is 51.0 Å². The van der Waals surface area contributed by atoms with Crippen molar-refractivity contribution in [1.82, 2.24) is 14.5 Å². The lowest BCUT2D eigenvalue weighted by molar-refractivity contribution is -0.133. The lowest BCUT2D eigenvalue weighted by atomic mass is 10.1. The van der Waals surface area contributed by atoms with Gasteiger partial charge < -0.3 is 19.9 Å². The van der Waals surface area contributed by atoms with Crippen LogP contribution < -0.4 is 10.9 Å². The Morgan fingerprint density at radius 3 is 2.82 bits per heavy atom. The average Bonchev–Trinajstić information content (AvgIpc) is 2.82. The Kier molecular flexibility index (Phi) is 7.54. The van der Waals surface area contributed by atoms with Crippen LogP contribution in [0.3, 0.4) is 0 Å². The van der Waals surface area contributed by atoms with Crippen molar-refractivity contribution in [3.8, 4) is 0 Å². The van der Waals surface area contributed by atoms with Gasteiger partial charge in [0.15, 0.2) is 4.77 Å². The maximum absolute atomic E-state index is 12.9. The summed E-state index contributed by atoms with van der Waals surface area (Å²) in [5.41, 5.74) is 2.34. The van der Waals surface area contributed by atoms with Crippen LogP contribution in [0.15, 0.2) is 47.3 Å². The number of hydrogen-bond acceptors (Lipinski definition) is 5. The van der Waals surface area contributed by atoms with Gasteiger partial charge in [-0.3, -0.25) is 19.0 Å². The molecular weight excluding hydrogens is 452 g/mol. The number of benzene rings is 2. The first kappa shape index (κ1) is 23.8. The maximum atomic E-state index is 12.9. The summed E-state index contributed by atoms with van der Waals surface area (Å²) in [5.74, 6) is -0.122. The number of nitrogens with one attached hydrogen (secondary N) is 2. The highest BCUT2D eigenvalue weighted by atomic mass is 32.1. The van der Waals surface area contributed by atoms with E-state index in [1.54, 1.807) is 25.3 Å². The number of aromatic amines is 1. The highest BCUT2D eigenvalue weighted by Crippen LogP contribution is 2.18. The zero-order valence-corrected chi connectivity index (χ0v) is 20.0. The number of ether oxygens (including phenoxy) is 1. The highest BCUT2D eigenvalue weighted by Gasteiger charge is 2.18. The number of aromatic nitrogens is 2. The molecule has 178 valence electrons. The Balaban J connectivity index is 1.51. The molecule has 8 nitrogen and oxygen atoms in total. The van der Waals surface area contributed by atoms with Crippen LogP contribution in [-0.4, -0.2) is 46.5 Å². The number of nitrogens with zero attached hydrogens (tertiary/aromatic N) is 2. The number of fused-ring (bicyclic) bond motifs is 1. The van der Waals surface area contributed by atoms with Gasteiger partial charge in [-0.25, -0.2) is 0 Å². The number of amides is 2. The zero-order chi connectivity index (χ0) is 24.1. The summed E-state index contributed by atoms with van der Waals surface area (Å²) in [7, 11) is 1.61. The van der Waals surface area contributed by atoms with Gasteiger partial charge in [-0.1, -0.05) is 12.1 Å². The van der Waals surface area contributed by atoms with E-state index in [1.807, 2.05) is 29.2 Å². The van der Waals surface area contributed by atoms with Crippen molar-refractivity contribution >= 4 is 40.6 Å². The lowest BCUT2D eigenvalue weighted by Gasteiger charge is -2.26. The molecule has 1 fully saturated rings. The third-order valence-electron chi connectivity index (χ3n) is 5.95. The fourth-order valence-electron chi connectivity index (χ4n) is 4.17. The van der Waals surface area contributed by atoms with Crippen molar-refractivity contribution in [2.75, 3.05) is 25.6 Å². The molecule has 0 atom stereocenters. The van der Waals surface area contributed by atoms with E-state index in [0.717, 1.165) is 24.9 Å². The molecule has 0 radical (unpaired) electrons. The van der Waals surface area contributed by atoms with Crippen molar-refractivity contribution in [2.45, 2.75) is 38.8 Å². The average molecular weight is 481 g/mol. The van der Waals surface area contributed by atoms with Crippen molar-refractivity contribution < 1.29 is 14.3 Å². The molecule has 1 aliphatic rings. The predicted molar refractivity (Wildman–Crippen MR) is 134 cm³/mol. The number of piperidine rings is 1. The van der Waals surface area contributed by atoms with Gasteiger partial charge in [-0.2, -0.15) is 0 Å². The van der Waals surface area contributed by atoms with E-state index < -0.39 is 0 Å². The van der Waals surface area contributed by atoms with E-state index in [2.05, 4.69) is 10.3 Å². The summed E-state index contributed by atoms with van der Waals surface area (Å²) in [6.45, 7) is 2.29. The molecule has 1 aliphatic heterocycles. The molecular formula is C25H28N4O4S. The monoisotopic (exact) mass is 480 g/mol. The second-order valence-corrected chi connectivity index (χ2v) is 8.81. The number of H-pyrrole nitrogens is 1. The number of hydrogen-bond donors (Lipinski definition) is 2. The van der Waals surface area contributed by atoms with Gasteiger partial charge in [-0.15, -0.1) is 0 Å². The Bertz CT molecular complexity index is 1330. The SMILES string of the molecule is COCCCn1c(=S)[nH]c2cc(C(=O)Nc3cccc(CN4CCCCC4=O)c3)ccc2c1=O. The smallest absolute Gasteiger partial charge is 0.262 e. The second-order valence-electron chi connectivity index (χ2n) is 8.42. The molecule has 0 spiro atoms. The number of likely N-dealkylation sites (tertiary alicyclic amines) is 1. The van der Waals surface area contributed by atoms with Gasteiger partial charge in [0.25, 0.3) is 11.5 Å². The Morgan fingerprint density at radius 2 is 2.03 bits per heavy atom. The van der Waals surface area contributed by atoms with Crippen LogP contribution in [-0.2, 0) is 22.6 Å². The molecule has 3 aromatic rings. The molecule has 0 bridgehead atoms. The summed E-state index contributed by atoms with van der Waals surface area (Å²) < 4.78 is 6.87. The van der Waals surface area contributed by atoms with E-state index in [4.69, 9.17) is 17.0 Å². The fraction of sp³-hybridized carbons (Fsp3) is 0.360. The molecule has 2 heterocycles. The van der Waals surface area contributed by atoms with Crippen LogP contribution in [0.2, 0.25) is 0 Å². The Hall–Kier alpha value is -3.30. The number of carbonyl (C=O) groups excluding carboxylic acids is 2. The molecule has 9 heteroatoms. The maximum Gasteiger partial charge on any atom is 0.262 e. The van der Waals surface area contributed by atoms with Crippen LogP contribution in [0.1, 0.15) is 41.6 Å². The molecule has 0 aliphatic carbocycles. The van der Waals surface area contributed by atoms with Gasteiger partial charge >= 0.3 is 0 Å². The summed E-state index contributed by atoms with van der Waals surface area (Å²) in [6, 6.07) is 12.4. The van der Waals surface area contributed by atoms with Crippen molar-refractivity contribution in [3.05, 3.63) is 68.7 Å². The van der Waals surface area contributed by atoms with Crippen molar-refractivity contribution in [1.29, 1.82) is 0 Å². The summed E-state index contributed by atoms with van der Waals surface area (Å²) in [6.07, 6.45) is 3.24. The molecule has 2 amide bonds. The minimum Gasteiger partial charge on any atom is -0.385 e. The molecule has 1 aromatic heterocycles. The van der Waals surface area contributed by atoms with Crippen LogP contribution in [0.25, 0.3) is 10.9 Å². The van der Waals surface area contributed by atoms with Crippen molar-refractivity contribution in [2.24, 2.45) is 0 Å². The normalized spacial score (nSPS) is 13.9. The van der Waals surface area contributed by atoms with Crippen LogP contribution in [0.5, 0.6) is 0 Å². The van der Waals surface area contributed by atoms with Gasteiger partial charge in [0.2, 0.25) is 5.91 Å². The topological polar surface area (TPSA) is 96.4 Å². The first-order chi connectivity index (χ1) is 16.5. The van der Waals surface area contributed by atoms with E-state index in [0.29, 0.717) is 59.5 Å². The summed E-state index contributed by atoms with van der Waals surface area (Å²) >= 11 is 5.36. The van der Waals surface area contributed by atoms with Crippen LogP contribution >= 0.6 is 12.2 Å². The van der Waals surface area contributed by atoms with E-state index in [9.17, 15) is 14.4 Å². The lowest BCUT2D eigenvalue weighted by Crippen LogP contribution is -2.34. The Labute approximate surface area is 202 Å². The minimum absolute atomic E-state index is 0.173. The van der Waals surface area contributed by atoms with Crippen LogP contribution in [0, 0.1) is 4.77 Å². The number of anilines is 1. The number of rotatable bonds is 8. The predicted octanol–water partition coefficient (Wildman–Crippen LogP) is 3.86. The first-order valence-electron chi connectivity index (χ1n) is 11.4. The standard InChI is InChI=1S/C25H28N4O4S/c1-33-13-5-12-29-24(32)20-10-9-18(15-21(20)27-25(29)34)23(31)26-19-7-4-6-17(14-19)16-28-11-3-2-8-22(28)30/h4,6-7,9-10,14-15H,2-3,5,8,11-13,16H2,1H3,(H,26,31)(H,27,34). The number of carbonyl (C=O) groups is 2. The molecule has 0 saturated carbocycles. The molecule has 4 rings (SSSR count). The van der Waals surface area contributed by atoms with Gasteiger partial charge in [-0.05, 0) is 67.4 Å². The van der Waals surface area contributed by atoms with E-state index in [-0.39, 0.29) is 17.4 Å². The molecule has 1 saturated heterocycles. The van der Waals surface area contributed by atoms with Gasteiger partial charge in [0.05, 0.1) is 10.9 Å². The zero-order valence-electron chi connectivity index (χ0n) is 19.1. The largest absolute Gasteiger partial charge is 0.385 e. The molecule has 34 heavy (non-hydrogen) atoms. The Morgan fingerprint density at radius 1 is 1.18 bits per heavy atom. The third-order valence-corrected chi connectivity index (χ3v) is 6.28. The van der Waals surface area contributed by atoms with Crippen LogP contribution in [0.4, 0.5) is 5.69 Å². The fourth-order valence-corrected chi connectivity index (χ4v) is 4.45. The minimum atomic E-state index is -0.295. The molecule has 0 unspecified atom stereocenters. The van der Waals surface area contributed by atoms with E-state index >= 15 is 0 Å². The summed E-state index contributed by atoms with van der Waals surface area (Å²) in [4.78, 5) is 42.8. The third kappa shape index (κ3) is 5.43. The molecule has 2 N–H and O–H groups in total. The quantitative estimate of drug-likeness (QED) is 0.377. The van der Waals surface area contributed by atoms with Crippen molar-refractivity contribution in [3.63, 3.8) is 0 Å². The summed E-state index contributed by atoms with van der Waals surface area (Å²) in [5, 5.41) is 3.38. The first-order valence-corrected chi connectivity index (χ1v) is 11.8. The van der Waals surface area contributed by atoms with Gasteiger partial charge in [0.1, 0.15) is 0 Å².